The van der Waals surface area contributed by atoms with E-state index in [4.69, 9.17) is 0 Å². The van der Waals surface area contributed by atoms with Crippen molar-refractivity contribution >= 4 is 0 Å². The maximum atomic E-state index is 9.91. The summed E-state index contributed by atoms with van der Waals surface area (Å²) >= 11 is 0. The van der Waals surface area contributed by atoms with Gasteiger partial charge in [0.15, 0.2) is 0 Å². The molecule has 1 atom stereocenters. The van der Waals surface area contributed by atoms with Crippen LogP contribution in [0.2, 0.25) is 0 Å². The predicted molar refractivity (Wildman–Crippen MR) is 75.3 cm³/mol. The number of hydrogen-bond donors (Lipinski definition) is 2. The van der Waals surface area contributed by atoms with Crippen molar-refractivity contribution in [2.24, 2.45) is 11.3 Å². The Morgan fingerprint density at radius 3 is 2.12 bits per heavy atom. The molecule has 0 bridgehead atoms. The van der Waals surface area contributed by atoms with Gasteiger partial charge in [0.2, 0.25) is 0 Å². The number of hydrogen-bond acceptors (Lipinski definition) is 3. The minimum absolute atomic E-state index is 0.266. The Morgan fingerprint density at radius 2 is 1.71 bits per heavy atom. The molecule has 0 heterocycles. The van der Waals surface area contributed by atoms with Crippen molar-refractivity contribution < 1.29 is 5.11 Å². The van der Waals surface area contributed by atoms with E-state index in [1.165, 1.54) is 0 Å². The molecule has 0 rings (SSSR count). The van der Waals surface area contributed by atoms with E-state index >= 15 is 0 Å². The van der Waals surface area contributed by atoms with Crippen LogP contribution in [0.3, 0.4) is 0 Å². The molecule has 3 heteroatoms. The third kappa shape index (κ3) is 7.02. The van der Waals surface area contributed by atoms with Crippen molar-refractivity contribution in [2.75, 3.05) is 32.7 Å². The summed E-state index contributed by atoms with van der Waals surface area (Å²) in [6, 6.07) is 0. The number of rotatable bonds is 9. The van der Waals surface area contributed by atoms with E-state index in [9.17, 15) is 5.11 Å². The zero-order valence-electron chi connectivity index (χ0n) is 12.6. The van der Waals surface area contributed by atoms with Crippen LogP contribution in [0.4, 0.5) is 0 Å². The second kappa shape index (κ2) is 8.06. The third-order valence-corrected chi connectivity index (χ3v) is 3.89. The second-order valence-corrected chi connectivity index (χ2v) is 5.91. The summed E-state index contributed by atoms with van der Waals surface area (Å²) in [5.41, 5.74) is 0.287. The van der Waals surface area contributed by atoms with Gasteiger partial charge in [0.1, 0.15) is 0 Å². The highest BCUT2D eigenvalue weighted by Crippen LogP contribution is 2.24. The van der Waals surface area contributed by atoms with Gasteiger partial charge in [-0.3, -0.25) is 0 Å². The first-order valence-electron chi connectivity index (χ1n) is 6.94. The fourth-order valence-corrected chi connectivity index (χ4v) is 1.61. The monoisotopic (exact) mass is 244 g/mol. The topological polar surface area (TPSA) is 35.5 Å². The van der Waals surface area contributed by atoms with E-state index < -0.39 is 0 Å². The molecule has 0 aromatic rings. The Morgan fingerprint density at radius 1 is 1.18 bits per heavy atom. The van der Waals surface area contributed by atoms with Crippen LogP contribution < -0.4 is 5.32 Å². The number of likely N-dealkylation sites (N-methyl/N-ethyl adjacent to an activating group) is 1. The van der Waals surface area contributed by atoms with E-state index in [1.54, 1.807) is 0 Å². The first-order chi connectivity index (χ1) is 7.83. The van der Waals surface area contributed by atoms with E-state index in [-0.39, 0.29) is 11.5 Å². The summed E-state index contributed by atoms with van der Waals surface area (Å²) in [7, 11) is 0. The minimum Gasteiger partial charge on any atom is -0.390 e. The summed E-state index contributed by atoms with van der Waals surface area (Å²) in [5, 5.41) is 13.3. The first kappa shape index (κ1) is 16.9. The molecule has 0 saturated heterocycles. The fourth-order valence-electron chi connectivity index (χ4n) is 1.61. The smallest absolute Gasteiger partial charge is 0.0791 e. The van der Waals surface area contributed by atoms with Crippen molar-refractivity contribution in [3.05, 3.63) is 0 Å². The van der Waals surface area contributed by atoms with Crippen molar-refractivity contribution in [1.29, 1.82) is 0 Å². The molecule has 1 unspecified atom stereocenters. The zero-order valence-corrected chi connectivity index (χ0v) is 12.6. The molecule has 0 aliphatic rings. The lowest BCUT2D eigenvalue weighted by atomic mass is 9.81. The lowest BCUT2D eigenvalue weighted by Crippen LogP contribution is -2.41. The molecular weight excluding hydrogens is 212 g/mol. The van der Waals surface area contributed by atoms with Gasteiger partial charge in [-0.25, -0.2) is 0 Å². The van der Waals surface area contributed by atoms with Gasteiger partial charge < -0.3 is 15.3 Å². The van der Waals surface area contributed by atoms with E-state index in [0.717, 1.165) is 26.2 Å². The van der Waals surface area contributed by atoms with Crippen molar-refractivity contribution in [1.82, 2.24) is 10.2 Å². The number of nitrogens with zero attached hydrogens (tertiary/aromatic N) is 1. The van der Waals surface area contributed by atoms with E-state index in [0.29, 0.717) is 12.5 Å². The molecule has 0 fully saturated rings. The highest BCUT2D eigenvalue weighted by molar-refractivity contribution is 4.76. The third-order valence-electron chi connectivity index (χ3n) is 3.89. The molecule has 0 aromatic heterocycles. The van der Waals surface area contributed by atoms with Gasteiger partial charge in [-0.2, -0.15) is 0 Å². The quantitative estimate of drug-likeness (QED) is 0.651. The maximum Gasteiger partial charge on any atom is 0.0791 e. The molecule has 2 N–H and O–H groups in total. The number of aliphatic hydroxyl groups is 1. The van der Waals surface area contributed by atoms with Crippen LogP contribution in [0, 0.1) is 11.3 Å². The van der Waals surface area contributed by atoms with Crippen LogP contribution in [0.1, 0.15) is 41.5 Å². The number of aliphatic hydroxyl groups excluding tert-OH is 1. The second-order valence-electron chi connectivity index (χ2n) is 5.91. The summed E-state index contributed by atoms with van der Waals surface area (Å²) in [6.45, 7) is 17.7. The summed E-state index contributed by atoms with van der Waals surface area (Å²) < 4.78 is 0. The molecule has 0 spiro atoms. The van der Waals surface area contributed by atoms with Gasteiger partial charge in [0.05, 0.1) is 6.10 Å². The molecule has 17 heavy (non-hydrogen) atoms. The molecule has 3 nitrogen and oxygen atoms in total. The van der Waals surface area contributed by atoms with Crippen molar-refractivity contribution in [3.63, 3.8) is 0 Å². The average molecular weight is 244 g/mol. The van der Waals surface area contributed by atoms with Crippen molar-refractivity contribution in [2.45, 2.75) is 47.6 Å². The molecule has 0 saturated carbocycles. The summed E-state index contributed by atoms with van der Waals surface area (Å²) in [4.78, 5) is 2.25. The minimum atomic E-state index is -0.266. The molecule has 104 valence electrons. The molecule has 0 aliphatic heterocycles. The Hall–Kier alpha value is -0.120. The normalized spacial score (nSPS) is 14.6. The maximum absolute atomic E-state index is 9.91. The first-order valence-corrected chi connectivity index (χ1v) is 6.94. The largest absolute Gasteiger partial charge is 0.390 e. The van der Waals surface area contributed by atoms with Crippen LogP contribution in [-0.2, 0) is 0 Å². The average Bonchev–Trinajstić information content (AvgIpc) is 2.25. The van der Waals surface area contributed by atoms with Crippen LogP contribution in [0.25, 0.3) is 0 Å². The van der Waals surface area contributed by atoms with E-state index in [1.807, 2.05) is 0 Å². The number of nitrogens with one attached hydrogen (secondary N) is 1. The zero-order chi connectivity index (χ0) is 13.5. The SMILES string of the molecule is CCN(CC)CC(O)CNCC(C)(C)C(C)C. The lowest BCUT2D eigenvalue weighted by molar-refractivity contribution is 0.111. The standard InChI is InChI=1S/C14H32N2O/c1-7-16(8-2)10-13(17)9-15-11-14(5,6)12(3)4/h12-13,15,17H,7-11H2,1-6H3. The van der Waals surface area contributed by atoms with Crippen molar-refractivity contribution in [3.8, 4) is 0 Å². The van der Waals surface area contributed by atoms with Crippen LogP contribution in [-0.4, -0.2) is 48.8 Å². The predicted octanol–water partition coefficient (Wildman–Crippen LogP) is 1.96. The fraction of sp³-hybridized carbons (Fsp3) is 1.00. The Balaban J connectivity index is 3.81. The highest BCUT2D eigenvalue weighted by Gasteiger charge is 2.22. The molecule has 0 aromatic carbocycles. The van der Waals surface area contributed by atoms with E-state index in [2.05, 4.69) is 51.8 Å². The highest BCUT2D eigenvalue weighted by atomic mass is 16.3. The van der Waals surface area contributed by atoms with Gasteiger partial charge in [-0.1, -0.05) is 41.5 Å². The summed E-state index contributed by atoms with van der Waals surface area (Å²) in [5.74, 6) is 0.648. The van der Waals surface area contributed by atoms with Crippen LogP contribution >= 0.6 is 0 Å². The molecule has 0 amide bonds. The van der Waals surface area contributed by atoms with Gasteiger partial charge in [-0.05, 0) is 24.4 Å². The van der Waals surface area contributed by atoms with Gasteiger partial charge in [-0.15, -0.1) is 0 Å². The van der Waals surface area contributed by atoms with Crippen LogP contribution in [0.5, 0.6) is 0 Å². The summed E-state index contributed by atoms with van der Waals surface area (Å²) in [6.07, 6.45) is -0.266. The Bertz CT molecular complexity index is 189. The molecular formula is C14H32N2O. The Kier molecular flexibility index (Phi) is 8.01. The van der Waals surface area contributed by atoms with Gasteiger partial charge in [0.25, 0.3) is 0 Å². The van der Waals surface area contributed by atoms with Gasteiger partial charge in [0, 0.05) is 19.6 Å². The van der Waals surface area contributed by atoms with Crippen LogP contribution in [0.15, 0.2) is 0 Å². The lowest BCUT2D eigenvalue weighted by Gasteiger charge is -2.30. The Labute approximate surface area is 108 Å². The molecule has 0 radical (unpaired) electrons. The molecule has 0 aliphatic carbocycles. The van der Waals surface area contributed by atoms with Gasteiger partial charge >= 0.3 is 0 Å².